The Balaban J connectivity index is 2.48. The van der Waals surface area contributed by atoms with Crippen LogP contribution in [0.1, 0.15) is 0 Å². The third-order valence-electron chi connectivity index (χ3n) is 2.12. The van der Waals surface area contributed by atoms with Gasteiger partial charge in [-0.15, -0.1) is 13.2 Å². The highest BCUT2D eigenvalue weighted by Gasteiger charge is 2.55. The Kier molecular flexibility index (Phi) is 3.71. The molecule has 0 unspecified atom stereocenters. The molecule has 0 spiro atoms. The molecule has 4 heteroatoms. The first-order valence-electron chi connectivity index (χ1n) is 4.96. The summed E-state index contributed by atoms with van der Waals surface area (Å²) < 4.78 is 36.2. The van der Waals surface area contributed by atoms with E-state index in [1.807, 2.05) is 0 Å². The minimum atomic E-state index is -4.12. The molecule has 2 aromatic rings. The Labute approximate surface area is 105 Å². The fourth-order valence-corrected chi connectivity index (χ4v) is 5.86. The van der Waals surface area contributed by atoms with E-state index in [4.69, 9.17) is 0 Å². The summed E-state index contributed by atoms with van der Waals surface area (Å²) >= 11 is -3.34. The van der Waals surface area contributed by atoms with Crippen molar-refractivity contribution in [2.75, 3.05) is 0 Å². The monoisotopic (exact) mass is 350 g/mol. The van der Waals surface area contributed by atoms with Crippen molar-refractivity contribution < 1.29 is 33.0 Å². The van der Waals surface area contributed by atoms with Gasteiger partial charge in [0.15, 0.2) is 7.14 Å². The topological polar surface area (TPSA) is 0 Å². The minimum absolute atomic E-state index is 0.426. The maximum atomic E-state index is 13.2. The normalized spacial score (nSPS) is 11.8. The molecular weight excluding hydrogens is 340 g/mol. The molecule has 0 aliphatic carbocycles. The summed E-state index contributed by atoms with van der Waals surface area (Å²) in [4.78, 5) is 0. The molecule has 2 aromatic carbocycles. The van der Waals surface area contributed by atoms with Crippen molar-refractivity contribution >= 4 is 0 Å². The number of benzene rings is 2. The zero-order chi connectivity index (χ0) is 12.3. The summed E-state index contributed by atoms with van der Waals surface area (Å²) in [6.45, 7) is 0. The maximum Gasteiger partial charge on any atom is 0.571 e. The van der Waals surface area contributed by atoms with Crippen LogP contribution < -0.4 is 19.8 Å². The van der Waals surface area contributed by atoms with Crippen LogP contribution in [0.25, 0.3) is 0 Å². The van der Waals surface area contributed by atoms with Crippen molar-refractivity contribution in [2.45, 2.75) is 4.18 Å². The minimum Gasteiger partial charge on any atom is -0.128 e. The second-order valence-corrected chi connectivity index (χ2v) is 8.64. The van der Waals surface area contributed by atoms with E-state index in [9.17, 15) is 13.2 Å². The van der Waals surface area contributed by atoms with Crippen LogP contribution in [0.4, 0.5) is 13.2 Å². The summed E-state index contributed by atoms with van der Waals surface area (Å²) in [5, 5.41) is 0. The average molecular weight is 350 g/mol. The van der Waals surface area contributed by atoms with Crippen LogP contribution in [0.5, 0.6) is 0 Å². The molecule has 0 saturated carbocycles. The van der Waals surface area contributed by atoms with Crippen molar-refractivity contribution in [1.82, 2.24) is 0 Å². The summed E-state index contributed by atoms with van der Waals surface area (Å²) in [5.41, 5.74) is 0. The molecule has 0 nitrogen and oxygen atoms in total. The van der Waals surface area contributed by atoms with E-state index in [-0.39, 0.29) is 0 Å². The predicted octanol–water partition coefficient (Wildman–Crippen LogP) is 0.870. The molecule has 0 atom stereocenters. The molecule has 0 aromatic heterocycles. The van der Waals surface area contributed by atoms with E-state index in [0.717, 1.165) is 0 Å². The lowest BCUT2D eigenvalue weighted by Gasteiger charge is -2.08. The van der Waals surface area contributed by atoms with Gasteiger partial charge in [-0.1, -0.05) is 36.4 Å². The van der Waals surface area contributed by atoms with Gasteiger partial charge < -0.3 is 0 Å². The van der Waals surface area contributed by atoms with Gasteiger partial charge in [0.25, 0.3) is 19.8 Å². The first-order valence-corrected chi connectivity index (χ1v) is 8.19. The van der Waals surface area contributed by atoms with Crippen molar-refractivity contribution in [3.8, 4) is 0 Å². The molecule has 0 saturated heterocycles. The van der Waals surface area contributed by atoms with Gasteiger partial charge in [0.05, 0.1) is 0 Å². The fraction of sp³-hybridized carbons (Fsp3) is 0.0769. The van der Waals surface area contributed by atoms with E-state index < -0.39 is 24.0 Å². The first kappa shape index (κ1) is 12.4. The molecule has 0 heterocycles. The molecule has 0 amide bonds. The van der Waals surface area contributed by atoms with Crippen LogP contribution >= 0.6 is 0 Å². The van der Waals surface area contributed by atoms with Gasteiger partial charge in [0, 0.05) is 0 Å². The number of rotatable bonds is 2. The van der Waals surface area contributed by atoms with Gasteiger partial charge in [0.1, 0.15) is 0 Å². The lowest BCUT2D eigenvalue weighted by molar-refractivity contribution is -0.973. The van der Waals surface area contributed by atoms with Gasteiger partial charge >= 0.3 is 4.18 Å². The quantitative estimate of drug-likeness (QED) is 0.557. The van der Waals surface area contributed by atoms with Crippen LogP contribution in [0.3, 0.4) is 0 Å². The van der Waals surface area contributed by atoms with Crippen LogP contribution in [0.15, 0.2) is 60.7 Å². The molecule has 2 rings (SSSR count). The van der Waals surface area contributed by atoms with Crippen LogP contribution in [-0.4, -0.2) is 4.18 Å². The second kappa shape index (κ2) is 5.08. The zero-order valence-electron chi connectivity index (χ0n) is 8.79. The Hall–Kier alpha value is -1.04. The van der Waals surface area contributed by atoms with E-state index in [1.165, 1.54) is 0 Å². The van der Waals surface area contributed by atoms with Crippen molar-refractivity contribution in [3.63, 3.8) is 0 Å². The summed E-state index contributed by atoms with van der Waals surface area (Å²) in [5.74, 6) is 0. The smallest absolute Gasteiger partial charge is 0.128 e. The Morgan fingerprint density at radius 2 is 1.00 bits per heavy atom. The first-order chi connectivity index (χ1) is 8.09. The molecule has 0 aliphatic heterocycles. The third kappa shape index (κ3) is 3.00. The van der Waals surface area contributed by atoms with E-state index in [2.05, 4.69) is 0 Å². The summed E-state index contributed by atoms with van der Waals surface area (Å²) in [6.07, 6.45) is 0. The average Bonchev–Trinajstić information content (AvgIpc) is 2.30. The third-order valence-corrected chi connectivity index (χ3v) is 7.27. The van der Waals surface area contributed by atoms with Crippen molar-refractivity contribution in [1.29, 1.82) is 0 Å². The maximum absolute atomic E-state index is 13.2. The molecule has 0 bridgehead atoms. The molecular formula is C13H10F3I+. The standard InChI is InChI=1S/C13H10F3I/c14-13(15,16)17(11-7-3-1-4-8-11)12-9-5-2-6-10-12/h1-10H/q+1. The fourth-order valence-electron chi connectivity index (χ4n) is 1.45. The van der Waals surface area contributed by atoms with Crippen LogP contribution in [0.2, 0.25) is 0 Å². The highest BCUT2D eigenvalue weighted by Crippen LogP contribution is 2.02. The molecule has 17 heavy (non-hydrogen) atoms. The lowest BCUT2D eigenvalue weighted by Crippen LogP contribution is -3.89. The van der Waals surface area contributed by atoms with E-state index in [0.29, 0.717) is 7.14 Å². The van der Waals surface area contributed by atoms with Gasteiger partial charge in [-0.3, -0.25) is 0 Å². The number of alkyl halides is 4. The van der Waals surface area contributed by atoms with Gasteiger partial charge in [-0.25, -0.2) is 0 Å². The van der Waals surface area contributed by atoms with Crippen LogP contribution in [0, 0.1) is 7.14 Å². The van der Waals surface area contributed by atoms with Crippen molar-refractivity contribution in [2.24, 2.45) is 0 Å². The highest BCUT2D eigenvalue weighted by atomic mass is 127. The van der Waals surface area contributed by atoms with Gasteiger partial charge in [0.2, 0.25) is 0 Å². The van der Waals surface area contributed by atoms with Gasteiger partial charge in [-0.2, -0.15) is 0 Å². The predicted molar refractivity (Wildman–Crippen MR) is 56.3 cm³/mol. The van der Waals surface area contributed by atoms with E-state index in [1.54, 1.807) is 60.7 Å². The molecule has 0 fully saturated rings. The second-order valence-electron chi connectivity index (χ2n) is 3.30. The molecule has 89 valence electrons. The summed E-state index contributed by atoms with van der Waals surface area (Å²) in [6, 6.07) is 16.4. The lowest BCUT2D eigenvalue weighted by atomic mass is 10.4. The van der Waals surface area contributed by atoms with E-state index >= 15 is 0 Å². The summed E-state index contributed by atoms with van der Waals surface area (Å²) in [7, 11) is 0. The Morgan fingerprint density at radius 1 is 0.647 bits per heavy atom. The molecule has 0 aliphatic rings. The van der Waals surface area contributed by atoms with Gasteiger partial charge in [-0.05, 0) is 24.3 Å². The SMILES string of the molecule is FC(F)(F)[I+](c1ccccc1)c1ccccc1. The zero-order valence-corrected chi connectivity index (χ0v) is 10.9. The number of halogens is 4. The van der Waals surface area contributed by atoms with Crippen molar-refractivity contribution in [3.05, 3.63) is 67.8 Å². The number of hydrogen-bond acceptors (Lipinski definition) is 0. The highest BCUT2D eigenvalue weighted by molar-refractivity contribution is 5.03. The molecule has 1 radical (unpaired) electrons. The molecule has 0 N–H and O–H groups in total. The Bertz CT molecular complexity index is 426. The largest absolute Gasteiger partial charge is 0.571 e. The van der Waals surface area contributed by atoms with Crippen LogP contribution in [-0.2, 0) is 0 Å². The number of hydrogen-bond donors (Lipinski definition) is 0. The Morgan fingerprint density at radius 3 is 1.29 bits per heavy atom.